The number of aromatic nitrogens is 1. The molecule has 26 heavy (non-hydrogen) atoms. The van der Waals surface area contributed by atoms with Gasteiger partial charge in [-0.15, -0.1) is 0 Å². The first kappa shape index (κ1) is 18.2. The van der Waals surface area contributed by atoms with Crippen LogP contribution in [0.15, 0.2) is 33.5 Å². The molecule has 0 aliphatic carbocycles. The van der Waals surface area contributed by atoms with E-state index >= 15 is 0 Å². The summed E-state index contributed by atoms with van der Waals surface area (Å²) in [5.41, 5.74) is 1.01. The van der Waals surface area contributed by atoms with E-state index < -0.39 is 5.76 Å². The number of carbonyl (C=O) groups excluding carboxylic acids is 2. The molecule has 1 aromatic carbocycles. The van der Waals surface area contributed by atoms with Crippen LogP contribution in [0.25, 0.3) is 11.1 Å². The van der Waals surface area contributed by atoms with E-state index in [9.17, 15) is 14.4 Å². The highest BCUT2D eigenvalue weighted by Crippen LogP contribution is 2.11. The van der Waals surface area contributed by atoms with Gasteiger partial charge in [0.1, 0.15) is 13.2 Å². The molecule has 9 nitrogen and oxygen atoms in total. The second-order valence-electron chi connectivity index (χ2n) is 5.99. The molecule has 1 aromatic heterocycles. The number of carbonyl (C=O) groups is 2. The van der Waals surface area contributed by atoms with Crippen LogP contribution in [0.1, 0.15) is 0 Å². The molecule has 1 unspecified atom stereocenters. The maximum atomic E-state index is 12.2. The fraction of sp³-hybridized carbons (Fsp3) is 0.471. The van der Waals surface area contributed by atoms with Crippen LogP contribution < -0.4 is 11.1 Å². The molecule has 1 N–H and O–H groups in total. The third kappa shape index (κ3) is 4.12. The van der Waals surface area contributed by atoms with Gasteiger partial charge < -0.3 is 24.1 Å². The smallest absolute Gasteiger partial charge is 0.408 e. The van der Waals surface area contributed by atoms with E-state index in [4.69, 9.17) is 13.9 Å². The van der Waals surface area contributed by atoms with E-state index in [1.54, 1.807) is 36.3 Å². The molecule has 2 heterocycles. The highest BCUT2D eigenvalue weighted by molar-refractivity contribution is 5.80. The summed E-state index contributed by atoms with van der Waals surface area (Å²) in [6, 6.07) is 6.92. The van der Waals surface area contributed by atoms with Gasteiger partial charge in [0.05, 0.1) is 18.2 Å². The number of rotatable bonds is 7. The van der Waals surface area contributed by atoms with Crippen molar-refractivity contribution in [2.45, 2.75) is 12.6 Å². The minimum absolute atomic E-state index is 0.0178. The number of methoxy groups -OCH3 is 1. The molecule has 0 saturated carbocycles. The number of ether oxygens (including phenoxy) is 2. The fourth-order valence-corrected chi connectivity index (χ4v) is 2.81. The lowest BCUT2D eigenvalue weighted by atomic mass is 10.2. The average molecular weight is 363 g/mol. The van der Waals surface area contributed by atoms with Gasteiger partial charge in [-0.3, -0.25) is 14.2 Å². The minimum atomic E-state index is -0.577. The third-order valence-electron chi connectivity index (χ3n) is 4.19. The minimum Gasteiger partial charge on any atom is -0.408 e. The van der Waals surface area contributed by atoms with Crippen LogP contribution in [0, 0.1) is 0 Å². The number of hydrogen-bond acceptors (Lipinski definition) is 6. The first-order chi connectivity index (χ1) is 12.6. The number of hydrogen-bond donors (Lipinski definition) is 1. The summed E-state index contributed by atoms with van der Waals surface area (Å²) < 4.78 is 16.8. The maximum Gasteiger partial charge on any atom is 0.420 e. The maximum absolute atomic E-state index is 12.2. The van der Waals surface area contributed by atoms with Crippen LogP contribution in [0.4, 0.5) is 0 Å². The van der Waals surface area contributed by atoms with Crippen molar-refractivity contribution in [1.82, 2.24) is 14.8 Å². The molecule has 1 aliphatic rings. The predicted molar refractivity (Wildman–Crippen MR) is 91.7 cm³/mol. The van der Waals surface area contributed by atoms with Crippen molar-refractivity contribution in [1.29, 1.82) is 0 Å². The van der Waals surface area contributed by atoms with Crippen molar-refractivity contribution in [2.75, 3.05) is 40.0 Å². The highest BCUT2D eigenvalue weighted by Gasteiger charge is 2.26. The topological polar surface area (TPSA) is 103 Å². The number of benzene rings is 1. The Kier molecular flexibility index (Phi) is 5.69. The number of morpholine rings is 1. The van der Waals surface area contributed by atoms with E-state index in [0.717, 1.165) is 0 Å². The molecular weight excluding hydrogens is 342 g/mol. The number of nitrogens with zero attached hydrogens (tertiary/aromatic N) is 2. The lowest BCUT2D eigenvalue weighted by Crippen LogP contribution is -2.51. The Morgan fingerprint density at radius 1 is 1.35 bits per heavy atom. The zero-order chi connectivity index (χ0) is 18.5. The summed E-state index contributed by atoms with van der Waals surface area (Å²) in [5.74, 6) is -1.00. The van der Waals surface area contributed by atoms with Crippen LogP contribution in [-0.2, 0) is 25.6 Å². The van der Waals surface area contributed by atoms with Gasteiger partial charge >= 0.3 is 5.76 Å². The van der Waals surface area contributed by atoms with Crippen molar-refractivity contribution in [2.24, 2.45) is 0 Å². The molecule has 3 rings (SSSR count). The predicted octanol–water partition coefficient (Wildman–Crippen LogP) is -0.415. The quantitative estimate of drug-likeness (QED) is 0.717. The summed E-state index contributed by atoms with van der Waals surface area (Å²) in [5, 5.41) is 2.74. The summed E-state index contributed by atoms with van der Waals surface area (Å²) in [4.78, 5) is 37.5. The molecule has 2 aromatic rings. The molecule has 1 saturated heterocycles. The first-order valence-corrected chi connectivity index (χ1v) is 8.32. The summed E-state index contributed by atoms with van der Waals surface area (Å²) in [6.45, 7) is 1.41. The number of amides is 2. The molecule has 1 aliphatic heterocycles. The van der Waals surface area contributed by atoms with E-state index in [1.807, 2.05) is 0 Å². The zero-order valence-corrected chi connectivity index (χ0v) is 14.5. The average Bonchev–Trinajstić information content (AvgIpc) is 2.95. The lowest BCUT2D eigenvalue weighted by Gasteiger charge is -2.32. The van der Waals surface area contributed by atoms with Crippen molar-refractivity contribution in [3.63, 3.8) is 0 Å². The van der Waals surface area contributed by atoms with Crippen molar-refractivity contribution in [3.05, 3.63) is 34.8 Å². The fourth-order valence-electron chi connectivity index (χ4n) is 2.81. The van der Waals surface area contributed by atoms with E-state index in [-0.39, 0.29) is 37.6 Å². The highest BCUT2D eigenvalue weighted by atomic mass is 16.5. The SMILES string of the molecule is COCCN1CC(CNC(=O)Cn2c(=O)oc3ccccc32)OCC1=O. The summed E-state index contributed by atoms with van der Waals surface area (Å²) in [7, 11) is 1.57. The number of fused-ring (bicyclic) bond motifs is 1. The molecule has 0 bridgehead atoms. The van der Waals surface area contributed by atoms with Crippen molar-refractivity contribution in [3.8, 4) is 0 Å². The molecule has 0 spiro atoms. The Labute approximate surface area is 149 Å². The van der Waals surface area contributed by atoms with Gasteiger partial charge in [-0.05, 0) is 12.1 Å². The van der Waals surface area contributed by atoms with Crippen LogP contribution in [0.2, 0.25) is 0 Å². The monoisotopic (exact) mass is 363 g/mol. The molecule has 9 heteroatoms. The van der Waals surface area contributed by atoms with Gasteiger partial charge in [-0.25, -0.2) is 4.79 Å². The lowest BCUT2D eigenvalue weighted by molar-refractivity contribution is -0.149. The van der Waals surface area contributed by atoms with Gasteiger partial charge in [0.25, 0.3) is 0 Å². The van der Waals surface area contributed by atoms with Gasteiger partial charge in [0.2, 0.25) is 11.8 Å². The van der Waals surface area contributed by atoms with Crippen molar-refractivity contribution >= 4 is 22.9 Å². The first-order valence-electron chi connectivity index (χ1n) is 8.32. The normalized spacial score (nSPS) is 17.7. The van der Waals surface area contributed by atoms with Gasteiger partial charge in [-0.1, -0.05) is 12.1 Å². The molecule has 1 atom stereocenters. The number of oxazole rings is 1. The second-order valence-corrected chi connectivity index (χ2v) is 5.99. The molecular formula is C17H21N3O6. The van der Waals surface area contributed by atoms with E-state index in [0.29, 0.717) is 30.8 Å². The van der Waals surface area contributed by atoms with Crippen LogP contribution >= 0.6 is 0 Å². The largest absolute Gasteiger partial charge is 0.420 e. The number of nitrogens with one attached hydrogen (secondary N) is 1. The molecule has 0 radical (unpaired) electrons. The Morgan fingerprint density at radius 3 is 2.96 bits per heavy atom. The molecule has 140 valence electrons. The van der Waals surface area contributed by atoms with Crippen LogP contribution in [0.3, 0.4) is 0 Å². The van der Waals surface area contributed by atoms with Crippen LogP contribution in [0.5, 0.6) is 0 Å². The van der Waals surface area contributed by atoms with Crippen LogP contribution in [-0.4, -0.2) is 67.3 Å². The summed E-state index contributed by atoms with van der Waals surface area (Å²) >= 11 is 0. The van der Waals surface area contributed by atoms with Gasteiger partial charge in [-0.2, -0.15) is 0 Å². The number of para-hydroxylation sites is 2. The Morgan fingerprint density at radius 2 is 2.15 bits per heavy atom. The molecule has 1 fully saturated rings. The zero-order valence-electron chi connectivity index (χ0n) is 14.5. The van der Waals surface area contributed by atoms with Crippen molar-refractivity contribution < 1.29 is 23.5 Å². The molecule has 2 amide bonds. The van der Waals surface area contributed by atoms with Gasteiger partial charge in [0.15, 0.2) is 5.58 Å². The second kappa shape index (κ2) is 8.15. The third-order valence-corrected chi connectivity index (χ3v) is 4.19. The Bertz CT molecular complexity index is 842. The summed E-state index contributed by atoms with van der Waals surface area (Å²) in [6.07, 6.45) is -0.300. The van der Waals surface area contributed by atoms with Gasteiger partial charge in [0, 0.05) is 26.7 Å². The Hall–Kier alpha value is -2.65. The Balaban J connectivity index is 1.54. The van der Waals surface area contributed by atoms with E-state index in [2.05, 4.69) is 5.32 Å². The van der Waals surface area contributed by atoms with E-state index in [1.165, 1.54) is 4.57 Å². The standard InChI is InChI=1S/C17H21N3O6/c1-24-7-6-19-9-12(25-11-16(19)22)8-18-15(21)10-20-13-4-2-3-5-14(13)26-17(20)23/h2-5,12H,6-11H2,1H3,(H,18,21).